The Bertz CT molecular complexity index is 1080. The molecule has 29 heavy (non-hydrogen) atoms. The third kappa shape index (κ3) is 4.11. The van der Waals surface area contributed by atoms with Crippen LogP contribution in [-0.2, 0) is 0 Å². The number of hydrogen-bond donors (Lipinski definition) is 2. The van der Waals surface area contributed by atoms with Gasteiger partial charge in [0.15, 0.2) is 5.75 Å². The number of fused-ring (bicyclic) bond motifs is 1. The summed E-state index contributed by atoms with van der Waals surface area (Å²) in [6.45, 7) is 9.49. The van der Waals surface area contributed by atoms with E-state index in [2.05, 4.69) is 23.5 Å². The molecule has 0 aliphatic heterocycles. The molecule has 1 atom stereocenters. The second kappa shape index (κ2) is 9.02. The molecule has 1 aromatic heterocycles. The molecule has 4 heteroatoms. The van der Waals surface area contributed by atoms with E-state index in [1.807, 2.05) is 55.5 Å². The number of para-hydroxylation sites is 1. The van der Waals surface area contributed by atoms with Crippen molar-refractivity contribution in [2.75, 3.05) is 0 Å². The van der Waals surface area contributed by atoms with Crippen molar-refractivity contribution in [2.24, 2.45) is 0 Å². The maximum atomic E-state index is 13.3. The van der Waals surface area contributed by atoms with Gasteiger partial charge in [0.25, 0.3) is 5.91 Å². The quantitative estimate of drug-likeness (QED) is 0.523. The smallest absolute Gasteiger partial charge is 0.256 e. The highest BCUT2D eigenvalue weighted by Crippen LogP contribution is 2.34. The molecule has 2 aromatic carbocycles. The molecule has 2 N–H and O–H groups in total. The van der Waals surface area contributed by atoms with Crippen molar-refractivity contribution in [3.8, 4) is 5.75 Å². The lowest BCUT2D eigenvalue weighted by Crippen LogP contribution is -2.28. The predicted octanol–water partition coefficient (Wildman–Crippen LogP) is 5.58. The van der Waals surface area contributed by atoms with Gasteiger partial charge in [-0.05, 0) is 18.1 Å². The van der Waals surface area contributed by atoms with Crippen LogP contribution in [-0.4, -0.2) is 16.0 Å². The molecule has 0 bridgehead atoms. The molecule has 0 unspecified atom stereocenters. The molecule has 1 amide bonds. The summed E-state index contributed by atoms with van der Waals surface area (Å²) >= 11 is 0. The minimum atomic E-state index is -0.347. The molecule has 146 valence electrons. The van der Waals surface area contributed by atoms with Crippen LogP contribution in [0.15, 0.2) is 86.0 Å². The molecular formula is C25H24N2O2. The van der Waals surface area contributed by atoms with Gasteiger partial charge in [0.2, 0.25) is 0 Å². The summed E-state index contributed by atoms with van der Waals surface area (Å²) in [6, 6.07) is 16.9. The van der Waals surface area contributed by atoms with Crippen LogP contribution in [0.3, 0.4) is 0 Å². The van der Waals surface area contributed by atoms with Gasteiger partial charge in [-0.2, -0.15) is 0 Å². The predicted molar refractivity (Wildman–Crippen MR) is 119 cm³/mol. The van der Waals surface area contributed by atoms with Gasteiger partial charge in [0, 0.05) is 11.0 Å². The van der Waals surface area contributed by atoms with Crippen molar-refractivity contribution in [1.82, 2.24) is 10.3 Å². The lowest BCUT2D eigenvalue weighted by Gasteiger charge is -2.19. The fraction of sp³-hybridized carbons (Fsp3) is 0.120. The van der Waals surface area contributed by atoms with Crippen molar-refractivity contribution in [2.45, 2.75) is 19.4 Å². The summed E-state index contributed by atoms with van der Waals surface area (Å²) in [7, 11) is 0. The first-order valence-corrected chi connectivity index (χ1v) is 9.53. The summed E-state index contributed by atoms with van der Waals surface area (Å²) in [5.74, 6) is -0.516. The first-order chi connectivity index (χ1) is 14.1. The van der Waals surface area contributed by atoms with Gasteiger partial charge >= 0.3 is 0 Å². The highest BCUT2D eigenvalue weighted by molar-refractivity contribution is 6.10. The fourth-order valence-corrected chi connectivity index (χ4v) is 3.34. The molecular weight excluding hydrogens is 360 g/mol. The standard InChI is InChI=1S/C25H24N2O2/c1-4-12-17(5-2)23-24(28)22(19-15-10-11-16-21(19)26-23)25(29)27-20(6-3)18-13-8-7-9-14-18/h4-5,7-16,20,28H,1-2,6H2,3H3,(H,27,29)/b17-12+/t20-/m0/s1. The Kier molecular flexibility index (Phi) is 6.25. The van der Waals surface area contributed by atoms with E-state index in [0.29, 0.717) is 22.2 Å². The molecule has 1 heterocycles. The minimum Gasteiger partial charge on any atom is -0.505 e. The Hall–Kier alpha value is -3.66. The highest BCUT2D eigenvalue weighted by Gasteiger charge is 2.23. The SMILES string of the molecule is C=C/C=C(\C=C)c1nc2ccccc2c(C(=O)N[C@@H](CC)c2ccccc2)c1O. The summed E-state index contributed by atoms with van der Waals surface area (Å²) in [5.41, 5.74) is 2.73. The zero-order chi connectivity index (χ0) is 20.8. The van der Waals surface area contributed by atoms with Gasteiger partial charge in [-0.15, -0.1) is 0 Å². The van der Waals surface area contributed by atoms with Gasteiger partial charge < -0.3 is 10.4 Å². The molecule has 0 saturated heterocycles. The molecule has 0 fully saturated rings. The maximum absolute atomic E-state index is 13.3. The Morgan fingerprint density at radius 1 is 1.14 bits per heavy atom. The molecule has 0 spiro atoms. The van der Waals surface area contributed by atoms with E-state index in [9.17, 15) is 9.90 Å². The second-order valence-electron chi connectivity index (χ2n) is 6.61. The van der Waals surface area contributed by atoms with Crippen molar-refractivity contribution >= 4 is 22.4 Å². The number of nitrogens with one attached hydrogen (secondary N) is 1. The third-order valence-electron chi connectivity index (χ3n) is 4.80. The van der Waals surface area contributed by atoms with Crippen LogP contribution >= 0.6 is 0 Å². The van der Waals surface area contributed by atoms with Gasteiger partial charge in [0.05, 0.1) is 17.1 Å². The molecule has 3 aromatic rings. The largest absolute Gasteiger partial charge is 0.505 e. The van der Waals surface area contributed by atoms with Crippen LogP contribution in [0.4, 0.5) is 0 Å². The van der Waals surface area contributed by atoms with E-state index in [1.54, 1.807) is 24.3 Å². The van der Waals surface area contributed by atoms with E-state index in [0.717, 1.165) is 12.0 Å². The number of rotatable bonds is 7. The molecule has 0 aliphatic rings. The summed E-state index contributed by atoms with van der Waals surface area (Å²) in [5, 5.41) is 14.6. The average molecular weight is 384 g/mol. The molecule has 0 saturated carbocycles. The van der Waals surface area contributed by atoms with E-state index in [-0.39, 0.29) is 23.3 Å². The van der Waals surface area contributed by atoms with E-state index in [1.165, 1.54) is 0 Å². The zero-order valence-corrected chi connectivity index (χ0v) is 16.4. The Labute approximate surface area is 170 Å². The summed E-state index contributed by atoms with van der Waals surface area (Å²) in [6.07, 6.45) is 5.60. The van der Waals surface area contributed by atoms with Crippen LogP contribution in [0, 0.1) is 0 Å². The van der Waals surface area contributed by atoms with E-state index < -0.39 is 0 Å². The number of nitrogens with zero attached hydrogens (tertiary/aromatic N) is 1. The second-order valence-corrected chi connectivity index (χ2v) is 6.61. The Morgan fingerprint density at radius 2 is 1.83 bits per heavy atom. The number of aromatic hydroxyl groups is 1. The lowest BCUT2D eigenvalue weighted by molar-refractivity contribution is 0.0934. The summed E-state index contributed by atoms with van der Waals surface area (Å²) < 4.78 is 0. The lowest BCUT2D eigenvalue weighted by atomic mass is 10.00. The number of carbonyl (C=O) groups is 1. The normalized spacial score (nSPS) is 12.4. The number of pyridine rings is 1. The van der Waals surface area contributed by atoms with Crippen LogP contribution in [0.5, 0.6) is 5.75 Å². The number of allylic oxidation sites excluding steroid dienone is 4. The fourth-order valence-electron chi connectivity index (χ4n) is 3.34. The minimum absolute atomic E-state index is 0.166. The van der Waals surface area contributed by atoms with Crippen LogP contribution in [0.2, 0.25) is 0 Å². The van der Waals surface area contributed by atoms with Crippen LogP contribution in [0.1, 0.15) is 41.0 Å². The Balaban J connectivity index is 2.13. The number of aromatic nitrogens is 1. The van der Waals surface area contributed by atoms with Gasteiger partial charge in [0.1, 0.15) is 5.69 Å². The first-order valence-electron chi connectivity index (χ1n) is 9.53. The summed E-state index contributed by atoms with van der Waals surface area (Å²) in [4.78, 5) is 17.8. The van der Waals surface area contributed by atoms with Gasteiger partial charge in [-0.3, -0.25) is 4.79 Å². The molecule has 0 aliphatic carbocycles. The zero-order valence-electron chi connectivity index (χ0n) is 16.4. The average Bonchev–Trinajstić information content (AvgIpc) is 2.76. The van der Waals surface area contributed by atoms with Crippen molar-refractivity contribution in [3.63, 3.8) is 0 Å². The number of hydrogen-bond acceptors (Lipinski definition) is 3. The van der Waals surface area contributed by atoms with Gasteiger partial charge in [-0.1, -0.05) is 86.8 Å². The maximum Gasteiger partial charge on any atom is 0.256 e. The third-order valence-corrected chi connectivity index (χ3v) is 4.80. The molecule has 3 rings (SSSR count). The number of amides is 1. The van der Waals surface area contributed by atoms with Crippen molar-refractivity contribution < 1.29 is 9.90 Å². The number of benzene rings is 2. The van der Waals surface area contributed by atoms with Crippen molar-refractivity contribution in [1.29, 1.82) is 0 Å². The number of carbonyl (C=O) groups excluding carboxylic acids is 1. The topological polar surface area (TPSA) is 62.2 Å². The van der Waals surface area contributed by atoms with Crippen LogP contribution < -0.4 is 5.32 Å². The monoisotopic (exact) mass is 384 g/mol. The van der Waals surface area contributed by atoms with Gasteiger partial charge in [-0.25, -0.2) is 4.98 Å². The Morgan fingerprint density at radius 3 is 2.48 bits per heavy atom. The molecule has 0 radical (unpaired) electrons. The van der Waals surface area contributed by atoms with E-state index >= 15 is 0 Å². The highest BCUT2D eigenvalue weighted by atomic mass is 16.3. The van der Waals surface area contributed by atoms with Crippen LogP contribution in [0.25, 0.3) is 16.5 Å². The first kappa shape index (κ1) is 20.1. The van der Waals surface area contributed by atoms with E-state index in [4.69, 9.17) is 0 Å². The van der Waals surface area contributed by atoms with Crippen molar-refractivity contribution in [3.05, 3.63) is 103 Å². The molecule has 4 nitrogen and oxygen atoms in total.